The van der Waals surface area contributed by atoms with Crippen molar-refractivity contribution in [3.63, 3.8) is 0 Å². The van der Waals surface area contributed by atoms with Crippen LogP contribution in [0.4, 0.5) is 4.79 Å². The Morgan fingerprint density at radius 3 is 2.48 bits per heavy atom. The predicted molar refractivity (Wildman–Crippen MR) is 105 cm³/mol. The van der Waals surface area contributed by atoms with Gasteiger partial charge in [-0.25, -0.2) is 4.79 Å². The highest BCUT2D eigenvalue weighted by Gasteiger charge is 2.49. The first-order chi connectivity index (χ1) is 13.1. The monoisotopic (exact) mass is 369 g/mol. The zero-order valence-electron chi connectivity index (χ0n) is 16.3. The van der Waals surface area contributed by atoms with Crippen LogP contribution in [-0.2, 0) is 4.79 Å². The quantitative estimate of drug-likeness (QED) is 0.887. The average molecular weight is 370 g/mol. The predicted octanol–water partition coefficient (Wildman–Crippen LogP) is 3.43. The van der Waals surface area contributed by atoms with Crippen molar-refractivity contribution in [1.29, 1.82) is 0 Å². The molecule has 3 atom stereocenters. The van der Waals surface area contributed by atoms with Crippen molar-refractivity contribution in [3.8, 4) is 0 Å². The zero-order chi connectivity index (χ0) is 18.8. The number of likely N-dealkylation sites (tertiary alicyclic amines) is 2. The van der Waals surface area contributed by atoms with Crippen LogP contribution in [0, 0.1) is 17.8 Å². The molecule has 5 heteroatoms. The maximum absolute atomic E-state index is 12.7. The highest BCUT2D eigenvalue weighted by molar-refractivity contribution is 5.76. The van der Waals surface area contributed by atoms with Crippen LogP contribution in [0.15, 0.2) is 30.3 Å². The first-order valence-electron chi connectivity index (χ1n) is 10.5. The van der Waals surface area contributed by atoms with Gasteiger partial charge in [0.05, 0.1) is 6.04 Å². The lowest BCUT2D eigenvalue weighted by Gasteiger charge is -2.29. The molecule has 1 aromatic rings. The molecule has 3 fully saturated rings. The molecule has 1 saturated carbocycles. The second-order valence-corrected chi connectivity index (χ2v) is 8.55. The molecule has 27 heavy (non-hydrogen) atoms. The van der Waals surface area contributed by atoms with E-state index in [0.717, 1.165) is 26.2 Å². The normalized spacial score (nSPS) is 28.3. The van der Waals surface area contributed by atoms with Crippen LogP contribution in [0.3, 0.4) is 0 Å². The van der Waals surface area contributed by atoms with Crippen LogP contribution >= 0.6 is 0 Å². The van der Waals surface area contributed by atoms with E-state index in [1.165, 1.54) is 37.7 Å². The molecule has 1 aliphatic carbocycles. The Bertz CT molecular complexity index is 671. The highest BCUT2D eigenvalue weighted by atomic mass is 16.2. The fraction of sp³-hybridized carbons (Fsp3) is 0.636. The second-order valence-electron chi connectivity index (χ2n) is 8.55. The van der Waals surface area contributed by atoms with E-state index in [9.17, 15) is 9.59 Å². The van der Waals surface area contributed by atoms with E-state index in [1.807, 2.05) is 28.0 Å². The summed E-state index contributed by atoms with van der Waals surface area (Å²) in [4.78, 5) is 28.9. The van der Waals surface area contributed by atoms with Crippen molar-refractivity contribution in [3.05, 3.63) is 35.9 Å². The third kappa shape index (κ3) is 3.83. The summed E-state index contributed by atoms with van der Waals surface area (Å²) in [5.74, 6) is 1.48. The van der Waals surface area contributed by atoms with Gasteiger partial charge < -0.3 is 15.1 Å². The van der Waals surface area contributed by atoms with E-state index in [4.69, 9.17) is 0 Å². The minimum absolute atomic E-state index is 0.0798. The number of carbonyl (C=O) groups excluding carboxylic acids is 2. The van der Waals surface area contributed by atoms with Crippen LogP contribution in [-0.4, -0.2) is 47.9 Å². The number of fused-ring (bicyclic) bond motifs is 1. The summed E-state index contributed by atoms with van der Waals surface area (Å²) in [7, 11) is 0. The number of hydrogen-bond acceptors (Lipinski definition) is 2. The number of carbonyl (C=O) groups is 2. The first kappa shape index (κ1) is 18.3. The Hall–Kier alpha value is -2.04. The van der Waals surface area contributed by atoms with Gasteiger partial charge in [0.1, 0.15) is 0 Å². The highest BCUT2D eigenvalue weighted by Crippen LogP contribution is 2.44. The van der Waals surface area contributed by atoms with E-state index in [0.29, 0.717) is 17.8 Å². The molecule has 2 heterocycles. The summed E-state index contributed by atoms with van der Waals surface area (Å²) >= 11 is 0. The van der Waals surface area contributed by atoms with Crippen molar-refractivity contribution in [2.75, 3.05) is 26.2 Å². The lowest BCUT2D eigenvalue weighted by molar-refractivity contribution is -0.130. The maximum atomic E-state index is 12.7. The molecule has 0 bridgehead atoms. The molecule has 1 N–H and O–H groups in total. The number of nitrogens with zero attached hydrogens (tertiary/aromatic N) is 2. The van der Waals surface area contributed by atoms with Gasteiger partial charge in [0.2, 0.25) is 5.91 Å². The number of rotatable bonds is 3. The van der Waals surface area contributed by atoms with Gasteiger partial charge in [-0.3, -0.25) is 4.79 Å². The summed E-state index contributed by atoms with van der Waals surface area (Å²) in [6.07, 6.45) is 6.43. The minimum atomic E-state index is 0.0798. The van der Waals surface area contributed by atoms with Crippen LogP contribution < -0.4 is 5.32 Å². The maximum Gasteiger partial charge on any atom is 0.317 e. The van der Waals surface area contributed by atoms with Gasteiger partial charge in [0, 0.05) is 44.9 Å². The lowest BCUT2D eigenvalue weighted by atomic mass is 9.89. The first-order valence-corrected chi connectivity index (χ1v) is 10.5. The van der Waals surface area contributed by atoms with Gasteiger partial charge in [0.15, 0.2) is 0 Å². The molecule has 146 valence electrons. The number of nitrogens with one attached hydrogen (secondary N) is 1. The summed E-state index contributed by atoms with van der Waals surface area (Å²) < 4.78 is 0. The molecule has 0 radical (unpaired) electrons. The molecule has 5 nitrogen and oxygen atoms in total. The molecule has 4 rings (SSSR count). The Labute approximate surface area is 162 Å². The van der Waals surface area contributed by atoms with Gasteiger partial charge in [-0.15, -0.1) is 0 Å². The Morgan fingerprint density at radius 2 is 1.78 bits per heavy atom. The number of hydrogen-bond donors (Lipinski definition) is 1. The lowest BCUT2D eigenvalue weighted by Crippen LogP contribution is -2.43. The van der Waals surface area contributed by atoms with Gasteiger partial charge in [-0.2, -0.15) is 0 Å². The Kier molecular flexibility index (Phi) is 5.37. The standard InChI is InChI=1S/C22H31N3O2/c1-16(26)25-14-19-13-24(22(27)23-12-17-8-4-2-5-9-17)15-20(19)21(25)18-10-6-3-7-11-18/h3,6-7,10-11,17,19-21H,2,4-5,8-9,12-15H2,1H3,(H,23,27)/t19-,20-,21+/m1/s1. The fourth-order valence-corrected chi connectivity index (χ4v) is 5.35. The summed E-state index contributed by atoms with van der Waals surface area (Å²) in [5.41, 5.74) is 1.18. The van der Waals surface area contributed by atoms with Gasteiger partial charge >= 0.3 is 6.03 Å². The van der Waals surface area contributed by atoms with E-state index in [2.05, 4.69) is 17.4 Å². The van der Waals surface area contributed by atoms with Crippen molar-refractivity contribution in [2.24, 2.45) is 17.8 Å². The molecule has 3 aliphatic rings. The van der Waals surface area contributed by atoms with Crippen LogP contribution in [0.1, 0.15) is 50.6 Å². The molecule has 0 aromatic heterocycles. The molecule has 3 amide bonds. The van der Waals surface area contributed by atoms with Crippen molar-refractivity contribution < 1.29 is 9.59 Å². The zero-order valence-corrected chi connectivity index (χ0v) is 16.3. The smallest absolute Gasteiger partial charge is 0.317 e. The third-order valence-corrected chi connectivity index (χ3v) is 6.76. The van der Waals surface area contributed by atoms with Crippen molar-refractivity contribution >= 4 is 11.9 Å². The molecular formula is C22H31N3O2. The third-order valence-electron chi connectivity index (χ3n) is 6.76. The molecular weight excluding hydrogens is 338 g/mol. The number of urea groups is 1. The van der Waals surface area contributed by atoms with Gasteiger partial charge in [0.25, 0.3) is 0 Å². The molecule has 0 spiro atoms. The van der Waals surface area contributed by atoms with Crippen LogP contribution in [0.2, 0.25) is 0 Å². The average Bonchev–Trinajstić information content (AvgIpc) is 3.25. The van der Waals surface area contributed by atoms with Crippen molar-refractivity contribution in [2.45, 2.75) is 45.1 Å². The Balaban J connectivity index is 1.40. The fourth-order valence-electron chi connectivity index (χ4n) is 5.35. The van der Waals surface area contributed by atoms with Crippen LogP contribution in [0.5, 0.6) is 0 Å². The molecule has 2 aliphatic heterocycles. The molecule has 1 aromatic carbocycles. The van der Waals surface area contributed by atoms with Crippen LogP contribution in [0.25, 0.3) is 0 Å². The summed E-state index contributed by atoms with van der Waals surface area (Å²) in [6.45, 7) is 4.72. The second kappa shape index (κ2) is 7.91. The van der Waals surface area contributed by atoms with Crippen molar-refractivity contribution in [1.82, 2.24) is 15.1 Å². The Morgan fingerprint density at radius 1 is 1.04 bits per heavy atom. The number of amides is 3. The van der Waals surface area contributed by atoms with E-state index < -0.39 is 0 Å². The van der Waals surface area contributed by atoms with E-state index in [1.54, 1.807) is 6.92 Å². The van der Waals surface area contributed by atoms with E-state index >= 15 is 0 Å². The molecule has 2 saturated heterocycles. The summed E-state index contributed by atoms with van der Waals surface area (Å²) in [5, 5.41) is 3.18. The van der Waals surface area contributed by atoms with E-state index in [-0.39, 0.29) is 18.0 Å². The SMILES string of the molecule is CC(=O)N1C[C@H]2CN(C(=O)NCC3CCCCC3)C[C@H]2[C@@H]1c1ccccc1. The summed E-state index contributed by atoms with van der Waals surface area (Å²) in [6, 6.07) is 10.5. The molecule has 0 unspecified atom stereocenters. The minimum Gasteiger partial charge on any atom is -0.338 e. The topological polar surface area (TPSA) is 52.7 Å². The largest absolute Gasteiger partial charge is 0.338 e. The number of benzene rings is 1. The van der Waals surface area contributed by atoms with Gasteiger partial charge in [-0.05, 0) is 24.3 Å². The van der Waals surface area contributed by atoms with Gasteiger partial charge in [-0.1, -0.05) is 49.6 Å².